The minimum absolute atomic E-state index is 0.162. The molecule has 0 amide bonds. The first-order chi connectivity index (χ1) is 17.2. The molecular weight excluding hydrogens is 469 g/mol. The molecule has 186 valence electrons. The number of hydrogen-bond donors (Lipinski definition) is 2. The predicted octanol–water partition coefficient (Wildman–Crippen LogP) is 4.47. The van der Waals surface area contributed by atoms with E-state index in [9.17, 15) is 13.2 Å². The summed E-state index contributed by atoms with van der Waals surface area (Å²) in [6.45, 7) is 2.59. The summed E-state index contributed by atoms with van der Waals surface area (Å²) in [7, 11) is 0. The summed E-state index contributed by atoms with van der Waals surface area (Å²) in [6.07, 6.45) is 1.90. The Morgan fingerprint density at radius 1 is 1.11 bits per heavy atom. The van der Waals surface area contributed by atoms with Crippen LogP contribution in [0.3, 0.4) is 0 Å². The van der Waals surface area contributed by atoms with Gasteiger partial charge < -0.3 is 20.6 Å². The summed E-state index contributed by atoms with van der Waals surface area (Å²) in [5, 5.41) is 7.92. The van der Waals surface area contributed by atoms with Crippen LogP contribution in [-0.4, -0.2) is 42.8 Å². The molecule has 4 aromatic rings. The Morgan fingerprint density at radius 3 is 2.56 bits per heavy atom. The lowest BCUT2D eigenvalue weighted by Crippen LogP contribution is -2.33. The van der Waals surface area contributed by atoms with Gasteiger partial charge >= 0.3 is 6.18 Å². The van der Waals surface area contributed by atoms with Crippen LogP contribution in [0.2, 0.25) is 0 Å². The molecule has 3 aromatic heterocycles. The Bertz CT molecular complexity index is 1400. The van der Waals surface area contributed by atoms with Gasteiger partial charge in [0, 0.05) is 25.0 Å². The Labute approximate surface area is 205 Å². The third-order valence-corrected chi connectivity index (χ3v) is 6.40. The SMILES string of the molecule is CC(=N)c1nc(N)c2c(n1)nc(N1CCCC1Cc1cccnc1)n2Cc1ccc(C(F)(F)F)cc1. The first-order valence-electron chi connectivity index (χ1n) is 11.6. The summed E-state index contributed by atoms with van der Waals surface area (Å²) in [5.41, 5.74) is 8.42. The van der Waals surface area contributed by atoms with E-state index in [1.54, 1.807) is 13.1 Å². The van der Waals surface area contributed by atoms with E-state index in [0.29, 0.717) is 22.7 Å². The quantitative estimate of drug-likeness (QED) is 0.383. The molecule has 0 saturated carbocycles. The molecule has 1 aliphatic heterocycles. The van der Waals surface area contributed by atoms with Crippen molar-refractivity contribution in [2.45, 2.75) is 44.9 Å². The first kappa shape index (κ1) is 23.7. The van der Waals surface area contributed by atoms with Crippen LogP contribution in [0, 0.1) is 5.41 Å². The minimum Gasteiger partial charge on any atom is -0.382 e. The zero-order valence-electron chi connectivity index (χ0n) is 19.6. The number of pyridine rings is 1. The van der Waals surface area contributed by atoms with Crippen LogP contribution in [0.5, 0.6) is 0 Å². The highest BCUT2D eigenvalue weighted by atomic mass is 19.4. The highest BCUT2D eigenvalue weighted by Gasteiger charge is 2.32. The van der Waals surface area contributed by atoms with E-state index < -0.39 is 11.7 Å². The van der Waals surface area contributed by atoms with Crippen molar-refractivity contribution in [3.63, 3.8) is 0 Å². The number of nitrogens with two attached hydrogens (primary N) is 1. The summed E-state index contributed by atoms with van der Waals surface area (Å²) >= 11 is 0. The van der Waals surface area contributed by atoms with Crippen molar-refractivity contribution in [1.29, 1.82) is 5.41 Å². The second kappa shape index (κ2) is 9.21. The van der Waals surface area contributed by atoms with Gasteiger partial charge in [0.1, 0.15) is 5.52 Å². The van der Waals surface area contributed by atoms with Gasteiger partial charge in [0.25, 0.3) is 0 Å². The first-order valence-corrected chi connectivity index (χ1v) is 11.6. The van der Waals surface area contributed by atoms with Crippen LogP contribution < -0.4 is 10.6 Å². The zero-order chi connectivity index (χ0) is 25.4. The number of imidazole rings is 1. The van der Waals surface area contributed by atoms with Crippen molar-refractivity contribution in [3.8, 4) is 0 Å². The third kappa shape index (κ3) is 4.60. The monoisotopic (exact) mass is 494 g/mol. The maximum atomic E-state index is 13.1. The van der Waals surface area contributed by atoms with E-state index in [4.69, 9.17) is 16.1 Å². The smallest absolute Gasteiger partial charge is 0.382 e. The number of hydrogen-bond acceptors (Lipinski definition) is 7. The maximum absolute atomic E-state index is 13.1. The van der Waals surface area contributed by atoms with E-state index in [-0.39, 0.29) is 29.9 Å². The minimum atomic E-state index is -4.40. The van der Waals surface area contributed by atoms with Gasteiger partial charge in [-0.05, 0) is 55.5 Å². The molecule has 4 heterocycles. The molecule has 11 heteroatoms. The van der Waals surface area contributed by atoms with Gasteiger partial charge in [-0.25, -0.2) is 9.97 Å². The molecule has 1 aromatic carbocycles. The molecule has 8 nitrogen and oxygen atoms in total. The van der Waals surface area contributed by atoms with Gasteiger partial charge in [-0.3, -0.25) is 4.98 Å². The number of fused-ring (bicyclic) bond motifs is 1. The van der Waals surface area contributed by atoms with Crippen LogP contribution in [0.15, 0.2) is 48.8 Å². The lowest BCUT2D eigenvalue weighted by Gasteiger charge is -2.26. The van der Waals surface area contributed by atoms with Crippen molar-refractivity contribution >= 4 is 28.6 Å². The number of rotatable bonds is 6. The maximum Gasteiger partial charge on any atom is 0.416 e. The molecule has 1 saturated heterocycles. The molecule has 5 rings (SSSR count). The van der Waals surface area contributed by atoms with Crippen LogP contribution in [0.1, 0.15) is 42.3 Å². The molecule has 0 aliphatic carbocycles. The molecule has 3 N–H and O–H groups in total. The molecule has 1 unspecified atom stereocenters. The largest absolute Gasteiger partial charge is 0.416 e. The highest BCUT2D eigenvalue weighted by molar-refractivity contribution is 5.96. The van der Waals surface area contributed by atoms with Gasteiger partial charge in [-0.2, -0.15) is 18.2 Å². The van der Waals surface area contributed by atoms with Gasteiger partial charge in [0.15, 0.2) is 17.3 Å². The van der Waals surface area contributed by atoms with Gasteiger partial charge in [0.2, 0.25) is 5.95 Å². The van der Waals surface area contributed by atoms with E-state index in [1.807, 2.05) is 22.9 Å². The molecule has 0 radical (unpaired) electrons. The second-order valence-electron chi connectivity index (χ2n) is 8.98. The molecule has 0 bridgehead atoms. The lowest BCUT2D eigenvalue weighted by molar-refractivity contribution is -0.137. The topological polar surface area (TPSA) is 110 Å². The number of halogens is 3. The standard InChI is InChI=1S/C25H25F3N8/c1-15(29)22-32-21(30)20-23(33-22)34-24(35-11-3-5-19(35)12-17-4-2-10-31-13-17)36(20)14-16-6-8-18(9-7-16)25(26,27)28/h2,4,6-10,13,19,29H,3,5,11-12,14H2,1H3,(H2,30,32,33). The normalized spacial score (nSPS) is 16.1. The van der Waals surface area contributed by atoms with Crippen LogP contribution >= 0.6 is 0 Å². The molecule has 36 heavy (non-hydrogen) atoms. The average Bonchev–Trinajstić information content (AvgIpc) is 3.44. The number of nitrogens with zero attached hydrogens (tertiary/aromatic N) is 6. The van der Waals surface area contributed by atoms with Gasteiger partial charge in [-0.1, -0.05) is 18.2 Å². The van der Waals surface area contributed by atoms with Crippen LogP contribution in [-0.2, 0) is 19.1 Å². The fraction of sp³-hybridized carbons (Fsp3) is 0.320. The van der Waals surface area contributed by atoms with Crippen molar-refractivity contribution in [2.24, 2.45) is 0 Å². The zero-order valence-corrected chi connectivity index (χ0v) is 19.6. The summed E-state index contributed by atoms with van der Waals surface area (Å²) < 4.78 is 41.1. The van der Waals surface area contributed by atoms with E-state index in [2.05, 4.69) is 19.9 Å². The second-order valence-corrected chi connectivity index (χ2v) is 8.98. The Balaban J connectivity index is 1.58. The predicted molar refractivity (Wildman–Crippen MR) is 131 cm³/mol. The van der Waals surface area contributed by atoms with Crippen LogP contribution in [0.25, 0.3) is 11.2 Å². The molecule has 1 fully saturated rings. The van der Waals surface area contributed by atoms with Gasteiger partial charge in [-0.15, -0.1) is 0 Å². The number of benzene rings is 1. The van der Waals surface area contributed by atoms with E-state index in [0.717, 1.165) is 43.5 Å². The Hall–Kier alpha value is -4.02. The number of aromatic nitrogens is 5. The number of nitrogens with one attached hydrogen (secondary N) is 1. The highest BCUT2D eigenvalue weighted by Crippen LogP contribution is 2.33. The lowest BCUT2D eigenvalue weighted by atomic mass is 10.1. The fourth-order valence-electron chi connectivity index (χ4n) is 4.67. The number of alkyl halides is 3. The number of anilines is 2. The number of nitrogen functional groups attached to an aromatic ring is 1. The summed E-state index contributed by atoms with van der Waals surface area (Å²) in [4.78, 5) is 20.0. The molecule has 1 aliphatic rings. The average molecular weight is 495 g/mol. The van der Waals surface area contributed by atoms with Gasteiger partial charge in [0.05, 0.1) is 17.8 Å². The van der Waals surface area contributed by atoms with Crippen molar-refractivity contribution in [1.82, 2.24) is 24.5 Å². The summed E-state index contributed by atoms with van der Waals surface area (Å²) in [6, 6.07) is 9.18. The van der Waals surface area contributed by atoms with E-state index in [1.165, 1.54) is 12.1 Å². The molecular formula is C25H25F3N8. The Kier molecular flexibility index (Phi) is 6.07. The van der Waals surface area contributed by atoms with Crippen molar-refractivity contribution < 1.29 is 13.2 Å². The van der Waals surface area contributed by atoms with Crippen molar-refractivity contribution in [2.75, 3.05) is 17.2 Å². The third-order valence-electron chi connectivity index (χ3n) is 6.40. The molecule has 1 atom stereocenters. The van der Waals surface area contributed by atoms with Crippen LogP contribution in [0.4, 0.5) is 24.9 Å². The Morgan fingerprint density at radius 2 is 1.89 bits per heavy atom. The van der Waals surface area contributed by atoms with E-state index >= 15 is 0 Å². The summed E-state index contributed by atoms with van der Waals surface area (Å²) in [5.74, 6) is 1.01. The fourth-order valence-corrected chi connectivity index (χ4v) is 4.67. The molecule has 0 spiro atoms. The van der Waals surface area contributed by atoms with Crippen molar-refractivity contribution in [3.05, 3.63) is 71.3 Å².